The maximum absolute atomic E-state index is 2.42. The van der Waals surface area contributed by atoms with Crippen LogP contribution in [0, 0.1) is 0 Å². The summed E-state index contributed by atoms with van der Waals surface area (Å²) in [5.41, 5.74) is 14.1. The van der Waals surface area contributed by atoms with Crippen molar-refractivity contribution in [1.82, 2.24) is 0 Å². The molecule has 0 saturated carbocycles. The first-order valence-corrected chi connectivity index (χ1v) is 21.1. The van der Waals surface area contributed by atoms with E-state index >= 15 is 0 Å². The molecule has 0 aliphatic heterocycles. The Labute approximate surface area is 339 Å². The molecule has 0 radical (unpaired) electrons. The third-order valence-corrected chi connectivity index (χ3v) is 13.2. The quantitative estimate of drug-likeness (QED) is 0.134. The van der Waals surface area contributed by atoms with Crippen LogP contribution in [0.3, 0.4) is 0 Å². The Hall–Kier alpha value is -6.90. The van der Waals surface area contributed by atoms with E-state index in [1.807, 2.05) is 0 Å². The molecule has 0 unspecified atom stereocenters. The Bertz CT molecular complexity index is 2900. The van der Waals surface area contributed by atoms with Crippen molar-refractivity contribution < 1.29 is 0 Å². The van der Waals surface area contributed by atoms with Crippen molar-refractivity contribution in [3.63, 3.8) is 0 Å². The summed E-state index contributed by atoms with van der Waals surface area (Å²) in [4.78, 5) is 4.74. The van der Waals surface area contributed by atoms with Crippen molar-refractivity contribution >= 4 is 67.9 Å². The molecule has 270 valence electrons. The van der Waals surface area contributed by atoms with Gasteiger partial charge in [-0.15, -0.1) is 0 Å². The molecule has 1 aromatic heterocycles. The predicted molar refractivity (Wildman–Crippen MR) is 244 cm³/mol. The molecule has 9 aromatic carbocycles. The first kappa shape index (κ1) is 34.6. The number of hydrogen-bond acceptors (Lipinski definition) is 2. The Balaban J connectivity index is 0.944. The average Bonchev–Trinajstić information content (AvgIpc) is 3.68. The van der Waals surface area contributed by atoms with Crippen LogP contribution in [0.25, 0.3) is 52.7 Å². The third kappa shape index (κ3) is 6.85. The summed E-state index contributed by atoms with van der Waals surface area (Å²) >= 11 is 0.238. The van der Waals surface area contributed by atoms with Gasteiger partial charge in [0.05, 0.1) is 0 Å². The van der Waals surface area contributed by atoms with Crippen molar-refractivity contribution in [2.24, 2.45) is 0 Å². The van der Waals surface area contributed by atoms with Crippen LogP contribution >= 0.6 is 0 Å². The number of fused-ring (bicyclic) bond motifs is 3. The maximum atomic E-state index is 2.42. The van der Waals surface area contributed by atoms with Crippen LogP contribution in [0.5, 0.6) is 0 Å². The zero-order valence-corrected chi connectivity index (χ0v) is 33.0. The van der Waals surface area contributed by atoms with Gasteiger partial charge in [0, 0.05) is 11.4 Å². The molecule has 0 N–H and O–H groups in total. The van der Waals surface area contributed by atoms with Gasteiger partial charge in [-0.1, -0.05) is 84.9 Å². The van der Waals surface area contributed by atoms with Gasteiger partial charge in [0.15, 0.2) is 0 Å². The van der Waals surface area contributed by atoms with Crippen LogP contribution in [-0.4, -0.2) is 14.5 Å². The van der Waals surface area contributed by atoms with Gasteiger partial charge in [0.1, 0.15) is 0 Å². The van der Waals surface area contributed by atoms with E-state index in [0.29, 0.717) is 0 Å². The molecule has 0 fully saturated rings. The Kier molecular flexibility index (Phi) is 9.30. The SMILES string of the molecule is c1ccc(-c2ccc(-c3ccc(N(c4ccccc4)c4ccc(-c5ccc(N(c6ccccc6)c6cccc7c6[se]c6ccccc67)cc5)cc4)cc3)cc2)cc1. The monoisotopic (exact) mass is 794 g/mol. The van der Waals surface area contributed by atoms with Crippen molar-refractivity contribution in [3.8, 4) is 33.4 Å². The molecule has 57 heavy (non-hydrogen) atoms. The standard InChI is InChI=1S/C54H38N2Se/c1-4-13-39(14-5-1)40-23-25-41(26-24-40)42-27-33-47(34-28-42)55(45-15-6-2-7-16-45)48-35-29-43(30-36-48)44-31-37-49(38-32-44)56(46-17-8-3-9-18-46)52-21-12-20-51-50-19-10-11-22-53(50)57-54(51)52/h1-38H. The van der Waals surface area contributed by atoms with Crippen LogP contribution in [-0.2, 0) is 0 Å². The van der Waals surface area contributed by atoms with Crippen molar-refractivity contribution in [3.05, 3.63) is 231 Å². The number of hydrogen-bond donors (Lipinski definition) is 0. The zero-order chi connectivity index (χ0) is 38.0. The summed E-state index contributed by atoms with van der Waals surface area (Å²) in [6.45, 7) is 0. The van der Waals surface area contributed by atoms with Gasteiger partial charge in [-0.25, -0.2) is 0 Å². The van der Waals surface area contributed by atoms with Gasteiger partial charge in [0.25, 0.3) is 0 Å². The van der Waals surface area contributed by atoms with Gasteiger partial charge >= 0.3 is 199 Å². The van der Waals surface area contributed by atoms with Gasteiger partial charge < -0.3 is 0 Å². The molecule has 10 aromatic rings. The normalized spacial score (nSPS) is 11.2. The Morgan fingerprint density at radius 2 is 0.596 bits per heavy atom. The summed E-state index contributed by atoms with van der Waals surface area (Å²) in [7, 11) is 0. The Morgan fingerprint density at radius 3 is 1.11 bits per heavy atom. The Morgan fingerprint density at radius 1 is 0.246 bits per heavy atom. The molecule has 3 heteroatoms. The molecule has 0 bridgehead atoms. The van der Waals surface area contributed by atoms with Gasteiger partial charge in [-0.3, -0.25) is 0 Å². The molecule has 0 amide bonds. The van der Waals surface area contributed by atoms with Crippen LogP contribution in [0.1, 0.15) is 0 Å². The van der Waals surface area contributed by atoms with E-state index in [-0.39, 0.29) is 14.5 Å². The second kappa shape index (κ2) is 15.3. The van der Waals surface area contributed by atoms with E-state index in [1.165, 1.54) is 58.4 Å². The zero-order valence-electron chi connectivity index (χ0n) is 31.2. The van der Waals surface area contributed by atoms with Crippen LogP contribution < -0.4 is 9.80 Å². The minimum atomic E-state index is 0.238. The van der Waals surface area contributed by atoms with Crippen molar-refractivity contribution in [2.75, 3.05) is 9.80 Å². The molecule has 2 nitrogen and oxygen atoms in total. The van der Waals surface area contributed by atoms with Crippen molar-refractivity contribution in [1.29, 1.82) is 0 Å². The number of para-hydroxylation sites is 2. The summed E-state index contributed by atoms with van der Waals surface area (Å²) in [5.74, 6) is 0. The van der Waals surface area contributed by atoms with Gasteiger partial charge in [0.2, 0.25) is 0 Å². The van der Waals surface area contributed by atoms with Crippen LogP contribution in [0.4, 0.5) is 34.1 Å². The smallest absolute Gasteiger partial charge is 0.0374 e. The predicted octanol–water partition coefficient (Wildman–Crippen LogP) is 15.0. The molecule has 1 heterocycles. The summed E-state index contributed by atoms with van der Waals surface area (Å²) in [5, 5.41) is 2.73. The van der Waals surface area contributed by atoms with E-state index in [9.17, 15) is 0 Å². The second-order valence-electron chi connectivity index (χ2n) is 14.2. The minimum Gasteiger partial charge on any atom is -0.0617 e. The third-order valence-electron chi connectivity index (χ3n) is 10.7. The van der Waals surface area contributed by atoms with E-state index in [1.54, 1.807) is 0 Å². The molecule has 0 aliphatic carbocycles. The van der Waals surface area contributed by atoms with Crippen molar-refractivity contribution in [2.45, 2.75) is 0 Å². The number of benzene rings is 9. The number of nitrogens with zero attached hydrogens (tertiary/aromatic N) is 2. The molecule has 0 atom stereocenters. The molecule has 10 rings (SSSR count). The van der Waals surface area contributed by atoms with Crippen LogP contribution in [0.15, 0.2) is 231 Å². The molecule has 0 aliphatic rings. The molecule has 0 saturated heterocycles. The van der Waals surface area contributed by atoms with Gasteiger partial charge in [-0.2, -0.15) is 0 Å². The largest absolute Gasteiger partial charge is 0.0617 e. The molecular formula is C54H38N2Se. The fourth-order valence-corrected chi connectivity index (χ4v) is 10.4. The number of anilines is 6. The first-order chi connectivity index (χ1) is 28.3. The van der Waals surface area contributed by atoms with E-state index in [2.05, 4.69) is 240 Å². The summed E-state index contributed by atoms with van der Waals surface area (Å²) in [6.07, 6.45) is 0. The maximum Gasteiger partial charge on any atom is -0.0374 e. The first-order valence-electron chi connectivity index (χ1n) is 19.3. The van der Waals surface area contributed by atoms with E-state index in [0.717, 1.165) is 28.4 Å². The molecule has 0 spiro atoms. The summed E-state index contributed by atoms with van der Waals surface area (Å²) in [6, 6.07) is 83.2. The average molecular weight is 794 g/mol. The fraction of sp³-hybridized carbons (Fsp3) is 0. The topological polar surface area (TPSA) is 6.48 Å². The van der Waals surface area contributed by atoms with Gasteiger partial charge in [-0.05, 0) is 46.5 Å². The number of rotatable bonds is 9. The summed E-state index contributed by atoms with van der Waals surface area (Å²) < 4.78 is 2.89. The van der Waals surface area contributed by atoms with E-state index < -0.39 is 0 Å². The molecular weight excluding hydrogens is 756 g/mol. The van der Waals surface area contributed by atoms with E-state index in [4.69, 9.17) is 0 Å². The fourth-order valence-electron chi connectivity index (χ4n) is 7.83. The van der Waals surface area contributed by atoms with Crippen LogP contribution in [0.2, 0.25) is 0 Å². The minimum absolute atomic E-state index is 0.238. The second-order valence-corrected chi connectivity index (χ2v) is 16.4.